The van der Waals surface area contributed by atoms with Crippen LogP contribution in [0.25, 0.3) is 11.1 Å². The molecule has 3 rings (SSSR count). The van der Waals surface area contributed by atoms with E-state index in [-0.39, 0.29) is 21.4 Å². The summed E-state index contributed by atoms with van der Waals surface area (Å²) < 4.78 is 0. The molecule has 3 N–H and O–H groups in total. The predicted octanol–water partition coefficient (Wildman–Crippen LogP) is 7.77. The van der Waals surface area contributed by atoms with E-state index in [4.69, 9.17) is 0 Å². The van der Waals surface area contributed by atoms with E-state index >= 15 is 0 Å². The van der Waals surface area contributed by atoms with Gasteiger partial charge in [-0.3, -0.25) is 0 Å². The van der Waals surface area contributed by atoms with Crippen molar-refractivity contribution in [3.8, 4) is 11.1 Å². The molecule has 208 valence electrons. The molecule has 0 fully saturated rings. The second-order valence-electron chi connectivity index (χ2n) is 15.0. The summed E-state index contributed by atoms with van der Waals surface area (Å²) in [7, 11) is -5.56. The minimum atomic E-state index is -5.56. The van der Waals surface area contributed by atoms with Gasteiger partial charge in [-0.15, -0.1) is 0 Å². The summed E-state index contributed by atoms with van der Waals surface area (Å²) in [5.41, 5.74) is 4.69. The Bertz CT molecular complexity index is 1300. The first-order valence-corrected chi connectivity index (χ1v) is 15.7. The van der Waals surface area contributed by atoms with Crippen molar-refractivity contribution in [2.24, 2.45) is 0 Å². The summed E-state index contributed by atoms with van der Waals surface area (Å²) in [6.07, 6.45) is 0. The maximum absolute atomic E-state index is 12.2. The van der Waals surface area contributed by atoms with Crippen LogP contribution in [0.3, 0.4) is 0 Å². The summed E-state index contributed by atoms with van der Waals surface area (Å²) in [6.45, 7) is 25.3. The van der Waals surface area contributed by atoms with Gasteiger partial charge in [0.05, 0.1) is 0 Å². The topological polar surface area (TPSA) is 60.7 Å². The molecule has 0 heterocycles. The Kier molecular flexibility index (Phi) is 7.44. The van der Waals surface area contributed by atoms with Crippen LogP contribution in [0.4, 0.5) is 0 Å². The van der Waals surface area contributed by atoms with Crippen molar-refractivity contribution < 1.29 is 14.7 Å². The van der Waals surface area contributed by atoms with Gasteiger partial charge in [0, 0.05) is 0 Å². The third-order valence-corrected chi connectivity index (χ3v) is 9.96. The first-order valence-electron chi connectivity index (χ1n) is 13.6. The molecule has 0 aliphatic rings. The Labute approximate surface area is 231 Å². The van der Waals surface area contributed by atoms with Crippen molar-refractivity contribution in [1.82, 2.24) is 0 Å². The van der Waals surface area contributed by atoms with Crippen LogP contribution >= 0.6 is 7.28 Å². The van der Waals surface area contributed by atoms with E-state index in [0.717, 1.165) is 27.8 Å². The van der Waals surface area contributed by atoms with Gasteiger partial charge in [-0.2, -0.15) is 0 Å². The zero-order chi connectivity index (χ0) is 29.1. The third-order valence-electron chi connectivity index (χ3n) is 7.42. The van der Waals surface area contributed by atoms with Crippen LogP contribution in [0.1, 0.15) is 105 Å². The van der Waals surface area contributed by atoms with Crippen LogP contribution in [-0.2, 0) is 21.7 Å². The number of hydrogen-bond acceptors (Lipinski definition) is 3. The van der Waals surface area contributed by atoms with Crippen molar-refractivity contribution in [2.75, 3.05) is 0 Å². The zero-order valence-electron chi connectivity index (χ0n) is 25.6. The molecule has 3 aromatic rings. The van der Waals surface area contributed by atoms with Crippen LogP contribution in [0.15, 0.2) is 60.7 Å². The average molecular weight is 537 g/mol. The van der Waals surface area contributed by atoms with Gasteiger partial charge in [-0.05, 0) is 0 Å². The normalized spacial score (nSPS) is 14.8. The first kappa shape index (κ1) is 30.5. The molecule has 0 amide bonds. The molecule has 0 aliphatic carbocycles. The van der Waals surface area contributed by atoms with Crippen molar-refractivity contribution >= 4 is 17.9 Å². The van der Waals surface area contributed by atoms with Gasteiger partial charge in [0.15, 0.2) is 0 Å². The Morgan fingerprint density at radius 3 is 1.26 bits per heavy atom. The third kappa shape index (κ3) is 5.92. The number of benzene rings is 3. The van der Waals surface area contributed by atoms with Gasteiger partial charge in [0.2, 0.25) is 0 Å². The summed E-state index contributed by atoms with van der Waals surface area (Å²) in [4.78, 5) is 36.5. The summed E-state index contributed by atoms with van der Waals surface area (Å²) in [5.74, 6) is 0. The average Bonchev–Trinajstić information content (AvgIpc) is 2.75. The molecule has 0 aromatic heterocycles. The van der Waals surface area contributed by atoms with Crippen molar-refractivity contribution in [1.29, 1.82) is 0 Å². The summed E-state index contributed by atoms with van der Waals surface area (Å²) in [5, 5.41) is 0.414. The van der Waals surface area contributed by atoms with Gasteiger partial charge >= 0.3 is 231 Å². The first-order chi connectivity index (χ1) is 16.9. The molecule has 4 heteroatoms. The molecule has 0 unspecified atom stereocenters. The van der Waals surface area contributed by atoms with Crippen LogP contribution < -0.4 is 10.6 Å². The molecule has 0 atom stereocenters. The molecule has 0 spiro atoms. The molecular formula is C34H49O3P. The number of hydrogen-bond donors (Lipinski definition) is 3. The van der Waals surface area contributed by atoms with E-state index in [0.29, 0.717) is 0 Å². The SMILES string of the molecule is CC(C)(C)c1ccc(-c2ccc(C(C)(C)C)c(P(O)(O)(O)c3ccc(C(C)(C)C)cc3)c2C(C)(C)C)cc1. The molecular weight excluding hydrogens is 487 g/mol. The standard InChI is InChI=1S/C34H49O3P/c1-31(2,3)24-15-13-23(14-16-24)27-21-22-28(33(7,8)9)30(29(27)34(10,11)12)38(35,36,37)26-19-17-25(18-20-26)32(4,5)6/h13-22,35-37H,1-12H3. The summed E-state index contributed by atoms with van der Waals surface area (Å²) in [6, 6.07) is 19.7. The van der Waals surface area contributed by atoms with E-state index in [1.165, 1.54) is 5.56 Å². The van der Waals surface area contributed by atoms with E-state index in [9.17, 15) is 14.7 Å². The molecule has 0 radical (unpaired) electrons. The fourth-order valence-electron chi connectivity index (χ4n) is 5.14. The fraction of sp³-hybridized carbons (Fsp3) is 0.471. The monoisotopic (exact) mass is 536 g/mol. The molecule has 0 bridgehead atoms. The molecule has 0 aliphatic heterocycles. The number of rotatable bonds is 3. The molecule has 0 saturated heterocycles. The van der Waals surface area contributed by atoms with E-state index < -0.39 is 18.1 Å². The van der Waals surface area contributed by atoms with Gasteiger partial charge in [-0.25, -0.2) is 0 Å². The van der Waals surface area contributed by atoms with Crippen molar-refractivity contribution in [3.63, 3.8) is 0 Å². The van der Waals surface area contributed by atoms with Crippen LogP contribution in [0.5, 0.6) is 0 Å². The second kappa shape index (κ2) is 9.27. The van der Waals surface area contributed by atoms with Crippen LogP contribution in [0.2, 0.25) is 0 Å². The molecule has 38 heavy (non-hydrogen) atoms. The molecule has 3 nitrogen and oxygen atoms in total. The van der Waals surface area contributed by atoms with Gasteiger partial charge < -0.3 is 0 Å². The van der Waals surface area contributed by atoms with Gasteiger partial charge in [0.25, 0.3) is 0 Å². The predicted molar refractivity (Wildman–Crippen MR) is 166 cm³/mol. The van der Waals surface area contributed by atoms with Gasteiger partial charge in [-0.1, -0.05) is 0 Å². The van der Waals surface area contributed by atoms with E-state index in [1.54, 1.807) is 12.1 Å². The van der Waals surface area contributed by atoms with Crippen molar-refractivity contribution in [3.05, 3.63) is 82.9 Å². The zero-order valence-corrected chi connectivity index (χ0v) is 26.5. The summed E-state index contributed by atoms with van der Waals surface area (Å²) >= 11 is 0. The Morgan fingerprint density at radius 1 is 0.474 bits per heavy atom. The second-order valence-corrected chi connectivity index (χ2v) is 17.9. The Morgan fingerprint density at radius 2 is 0.895 bits per heavy atom. The molecule has 0 saturated carbocycles. The molecule has 3 aromatic carbocycles. The fourth-order valence-corrected chi connectivity index (χ4v) is 7.82. The van der Waals surface area contributed by atoms with Crippen LogP contribution in [-0.4, -0.2) is 14.7 Å². The maximum atomic E-state index is 12.2. The van der Waals surface area contributed by atoms with E-state index in [1.807, 2.05) is 39.0 Å². The quantitative estimate of drug-likeness (QED) is 0.300. The Balaban J connectivity index is 2.44. The van der Waals surface area contributed by atoms with Crippen molar-refractivity contribution in [2.45, 2.75) is 105 Å². The van der Waals surface area contributed by atoms with Crippen LogP contribution in [0, 0.1) is 0 Å². The van der Waals surface area contributed by atoms with Gasteiger partial charge in [0.1, 0.15) is 0 Å². The van der Waals surface area contributed by atoms with E-state index in [2.05, 4.69) is 92.6 Å². The Hall–Kier alpha value is -2.03. The minimum absolute atomic E-state index is 0.0267.